The molecule has 0 aliphatic rings. The monoisotopic (exact) mass is 410 g/mol. The summed E-state index contributed by atoms with van der Waals surface area (Å²) in [6.45, 7) is 0. The van der Waals surface area contributed by atoms with Crippen molar-refractivity contribution in [1.82, 2.24) is 29.5 Å². The summed E-state index contributed by atoms with van der Waals surface area (Å²) in [5.41, 5.74) is 0.311. The predicted molar refractivity (Wildman–Crippen MR) is 111 cm³/mol. The molecule has 5 rings (SSSR count). The van der Waals surface area contributed by atoms with Crippen molar-refractivity contribution in [2.45, 2.75) is 0 Å². The number of fused-ring (bicyclic) bond motifs is 2. The lowest BCUT2D eigenvalue weighted by Crippen LogP contribution is -2.25. The van der Waals surface area contributed by atoms with E-state index in [-0.39, 0.29) is 39.1 Å². The molecule has 0 bridgehead atoms. The molecule has 0 saturated carbocycles. The highest BCUT2D eigenvalue weighted by Gasteiger charge is 2.24. The van der Waals surface area contributed by atoms with Crippen LogP contribution in [0.1, 0.15) is 5.56 Å². The molecule has 4 heterocycles. The molecule has 150 valence electrons. The lowest BCUT2D eigenvalue weighted by molar-refractivity contribution is 0.481. The Morgan fingerprint density at radius 2 is 1.97 bits per heavy atom. The molecule has 0 unspecified atom stereocenters. The van der Waals surface area contributed by atoms with Crippen molar-refractivity contribution in [3.63, 3.8) is 0 Å². The summed E-state index contributed by atoms with van der Waals surface area (Å²) in [7, 11) is 1.60. The van der Waals surface area contributed by atoms with Gasteiger partial charge in [-0.3, -0.25) is 15.3 Å². The van der Waals surface area contributed by atoms with Gasteiger partial charge in [-0.25, -0.2) is 4.98 Å². The smallest absolute Gasteiger partial charge is 0.264 e. The Labute approximate surface area is 173 Å². The number of nitriles is 1. The molecule has 0 fully saturated rings. The molecule has 0 aliphatic heterocycles. The van der Waals surface area contributed by atoms with E-state index < -0.39 is 5.56 Å². The second-order valence-corrected chi connectivity index (χ2v) is 6.84. The summed E-state index contributed by atoms with van der Waals surface area (Å²) in [6.07, 6.45) is 1.54. The molecular weight excluding hydrogens is 396 g/mol. The summed E-state index contributed by atoms with van der Waals surface area (Å²) in [5.74, 6) is 0.0976. The maximum atomic E-state index is 13.1. The fourth-order valence-corrected chi connectivity index (χ4v) is 3.60. The maximum Gasteiger partial charge on any atom is 0.264 e. The van der Waals surface area contributed by atoms with E-state index >= 15 is 0 Å². The number of hydrogen-bond acceptors (Lipinski definition) is 7. The van der Waals surface area contributed by atoms with Gasteiger partial charge in [0.25, 0.3) is 5.56 Å². The third-order valence-corrected chi connectivity index (χ3v) is 5.13. The first-order chi connectivity index (χ1) is 15.0. The van der Waals surface area contributed by atoms with Crippen LogP contribution in [-0.2, 0) is 7.05 Å². The number of aryl methyl sites for hydroxylation is 1. The van der Waals surface area contributed by atoms with E-state index in [0.717, 1.165) is 0 Å². The highest BCUT2D eigenvalue weighted by molar-refractivity contribution is 5.98. The van der Waals surface area contributed by atoms with Gasteiger partial charge in [0, 0.05) is 18.6 Å². The number of aromatic amines is 1. The number of aromatic nitrogens is 6. The van der Waals surface area contributed by atoms with Crippen LogP contribution in [0, 0.1) is 16.7 Å². The zero-order chi connectivity index (χ0) is 21.7. The van der Waals surface area contributed by atoms with Gasteiger partial charge < -0.3 is 9.67 Å². The zero-order valence-electron chi connectivity index (χ0n) is 16.2. The molecule has 0 aliphatic carbocycles. The molecule has 10 nitrogen and oxygen atoms in total. The summed E-state index contributed by atoms with van der Waals surface area (Å²) >= 11 is 0. The van der Waals surface area contributed by atoms with Crippen LogP contribution in [-0.4, -0.2) is 34.6 Å². The predicted octanol–water partition coefficient (Wildman–Crippen LogP) is 1.72. The molecule has 5 aromatic rings. The molecule has 1 aromatic carbocycles. The lowest BCUT2D eigenvalue weighted by Gasteiger charge is -2.11. The van der Waals surface area contributed by atoms with Crippen molar-refractivity contribution < 1.29 is 5.11 Å². The number of nitrogens with zero attached hydrogens (tertiary/aromatic N) is 6. The van der Waals surface area contributed by atoms with Crippen molar-refractivity contribution in [2.24, 2.45) is 7.05 Å². The van der Waals surface area contributed by atoms with E-state index in [4.69, 9.17) is 5.41 Å². The highest BCUT2D eigenvalue weighted by Crippen LogP contribution is 2.34. The van der Waals surface area contributed by atoms with Crippen LogP contribution >= 0.6 is 0 Å². The number of nitrogens with one attached hydrogen (secondary N) is 2. The van der Waals surface area contributed by atoms with Gasteiger partial charge in [-0.05, 0) is 24.3 Å². The number of H-pyrrole nitrogens is 1. The number of rotatable bonds is 2. The quantitative estimate of drug-likeness (QED) is 0.403. The number of benzene rings is 1. The minimum atomic E-state index is -0.468. The van der Waals surface area contributed by atoms with Crippen molar-refractivity contribution >= 4 is 21.9 Å². The molecule has 0 atom stereocenters. The molecule has 31 heavy (non-hydrogen) atoms. The average Bonchev–Trinajstić information content (AvgIpc) is 3.21. The molecule has 3 N–H and O–H groups in total. The average molecular weight is 410 g/mol. The summed E-state index contributed by atoms with van der Waals surface area (Å²) < 4.78 is 2.62. The molecule has 0 radical (unpaired) electrons. The summed E-state index contributed by atoms with van der Waals surface area (Å²) in [4.78, 5) is 17.3. The standard InChI is InChI=1S/C21H14N8O2/c1-28-13-7-3-2-6-11(13)19(30)15(21(28)31)17-18-16(25-26-17)12(10-22)20(23)29(27-18)14-8-4-5-9-24-14/h2-9,23,25,30H,1H3. The van der Waals surface area contributed by atoms with E-state index in [1.807, 2.05) is 6.07 Å². The summed E-state index contributed by atoms with van der Waals surface area (Å²) in [6, 6.07) is 14.0. The topological polar surface area (TPSA) is 149 Å². The Bertz CT molecular complexity index is 1660. The Hall–Kier alpha value is -4.78. The van der Waals surface area contributed by atoms with Gasteiger partial charge >= 0.3 is 0 Å². The third-order valence-electron chi connectivity index (χ3n) is 5.13. The van der Waals surface area contributed by atoms with Gasteiger partial charge in [0.2, 0.25) is 0 Å². The third kappa shape index (κ3) is 2.54. The maximum absolute atomic E-state index is 13.1. The minimum absolute atomic E-state index is 0.00786. The number of hydrogen-bond donors (Lipinski definition) is 3. The van der Waals surface area contributed by atoms with Crippen molar-refractivity contribution in [3.05, 3.63) is 70.1 Å². The van der Waals surface area contributed by atoms with Crippen molar-refractivity contribution in [2.75, 3.05) is 0 Å². The van der Waals surface area contributed by atoms with Crippen molar-refractivity contribution in [3.8, 4) is 28.9 Å². The fourth-order valence-electron chi connectivity index (χ4n) is 3.60. The second kappa shape index (κ2) is 6.64. The molecule has 0 spiro atoms. The van der Waals surface area contributed by atoms with Crippen LogP contribution in [0.25, 0.3) is 39.0 Å². The second-order valence-electron chi connectivity index (χ2n) is 6.84. The minimum Gasteiger partial charge on any atom is -0.506 e. The Morgan fingerprint density at radius 1 is 1.19 bits per heavy atom. The van der Waals surface area contributed by atoms with E-state index in [9.17, 15) is 15.2 Å². The zero-order valence-corrected chi connectivity index (χ0v) is 16.2. The largest absolute Gasteiger partial charge is 0.506 e. The van der Waals surface area contributed by atoms with Gasteiger partial charge in [-0.15, -0.1) is 0 Å². The lowest BCUT2D eigenvalue weighted by atomic mass is 10.1. The van der Waals surface area contributed by atoms with E-state index in [1.165, 1.54) is 9.25 Å². The Balaban J connectivity index is 1.92. The van der Waals surface area contributed by atoms with Gasteiger partial charge in [-0.1, -0.05) is 18.2 Å². The number of pyridine rings is 2. The van der Waals surface area contributed by atoms with Crippen LogP contribution in [0.15, 0.2) is 53.5 Å². The highest BCUT2D eigenvalue weighted by atomic mass is 16.3. The van der Waals surface area contributed by atoms with Crippen LogP contribution in [0.2, 0.25) is 0 Å². The van der Waals surface area contributed by atoms with Crippen LogP contribution in [0.4, 0.5) is 0 Å². The molecule has 0 saturated heterocycles. The number of para-hydroxylation sites is 1. The fraction of sp³-hybridized carbons (Fsp3) is 0.0476. The first-order valence-electron chi connectivity index (χ1n) is 9.21. The Kier molecular flexibility index (Phi) is 3.91. The molecule has 10 heteroatoms. The van der Waals surface area contributed by atoms with Gasteiger partial charge in [0.05, 0.1) is 5.52 Å². The first kappa shape index (κ1) is 18.3. The SMILES string of the molecule is Cn1c(=O)c(-c2n[nH]c3c(C#N)c(=N)n(-c4ccccn4)nc23)c(O)c2ccccc21. The number of aromatic hydroxyl groups is 1. The normalized spacial score (nSPS) is 11.1. The summed E-state index contributed by atoms with van der Waals surface area (Å²) in [5, 5.41) is 40.8. The van der Waals surface area contributed by atoms with Gasteiger partial charge in [0.15, 0.2) is 11.3 Å². The van der Waals surface area contributed by atoms with Gasteiger partial charge in [0.1, 0.15) is 39.7 Å². The van der Waals surface area contributed by atoms with Crippen molar-refractivity contribution in [1.29, 1.82) is 10.7 Å². The van der Waals surface area contributed by atoms with E-state index in [2.05, 4.69) is 20.3 Å². The molecule has 4 aromatic heterocycles. The van der Waals surface area contributed by atoms with E-state index in [1.54, 1.807) is 55.7 Å². The molecule has 0 amide bonds. The first-order valence-corrected chi connectivity index (χ1v) is 9.21. The Morgan fingerprint density at radius 3 is 2.71 bits per heavy atom. The van der Waals surface area contributed by atoms with Crippen LogP contribution in [0.5, 0.6) is 5.75 Å². The van der Waals surface area contributed by atoms with Crippen LogP contribution < -0.4 is 11.0 Å². The molecular formula is C21H14N8O2. The van der Waals surface area contributed by atoms with Gasteiger partial charge in [-0.2, -0.15) is 20.1 Å². The van der Waals surface area contributed by atoms with E-state index in [0.29, 0.717) is 16.7 Å². The van der Waals surface area contributed by atoms with Crippen LogP contribution in [0.3, 0.4) is 0 Å².